The van der Waals surface area contributed by atoms with Crippen molar-refractivity contribution in [1.82, 2.24) is 14.1 Å². The number of rotatable bonds is 7. The second kappa shape index (κ2) is 9.58. The Bertz CT molecular complexity index is 891. The molecule has 0 spiro atoms. The van der Waals surface area contributed by atoms with Gasteiger partial charge in [-0.2, -0.15) is 9.57 Å². The summed E-state index contributed by atoms with van der Waals surface area (Å²) in [6.45, 7) is 4.02. The van der Waals surface area contributed by atoms with Crippen LogP contribution in [0.15, 0.2) is 29.2 Å². The molecule has 4 rings (SSSR count). The zero-order valence-corrected chi connectivity index (χ0v) is 19.7. The van der Waals surface area contributed by atoms with Gasteiger partial charge >= 0.3 is 0 Å². The van der Waals surface area contributed by atoms with Crippen LogP contribution in [0, 0.1) is 23.2 Å². The topological polar surface area (TPSA) is 67.7 Å². The van der Waals surface area contributed by atoms with Gasteiger partial charge in [-0.15, -0.1) is 0 Å². The molecule has 0 aromatic heterocycles. The first kappa shape index (κ1) is 22.7. The Balaban J connectivity index is 1.63. The van der Waals surface area contributed by atoms with Crippen molar-refractivity contribution >= 4 is 10.0 Å². The van der Waals surface area contributed by atoms with Gasteiger partial charge in [0.2, 0.25) is 10.0 Å². The number of unbranched alkanes of at least 4 members (excludes halogenated alkanes) is 1. The molecule has 1 aromatic rings. The molecule has 3 heterocycles. The lowest BCUT2D eigenvalue weighted by Gasteiger charge is -2.57. The summed E-state index contributed by atoms with van der Waals surface area (Å²) in [5, 5.41) is 9.09. The van der Waals surface area contributed by atoms with Crippen LogP contribution in [0.1, 0.15) is 50.5 Å². The van der Waals surface area contributed by atoms with Gasteiger partial charge in [0.05, 0.1) is 16.5 Å². The molecule has 170 valence electrons. The van der Waals surface area contributed by atoms with Crippen molar-refractivity contribution in [3.05, 3.63) is 29.8 Å². The minimum Gasteiger partial charge on any atom is -0.309 e. The van der Waals surface area contributed by atoms with Gasteiger partial charge < -0.3 is 4.90 Å². The first-order chi connectivity index (χ1) is 14.9. The molecule has 0 radical (unpaired) electrons. The molecule has 0 N–H and O–H groups in total. The van der Waals surface area contributed by atoms with Crippen molar-refractivity contribution in [3.63, 3.8) is 0 Å². The highest BCUT2D eigenvalue weighted by Crippen LogP contribution is 2.45. The van der Waals surface area contributed by atoms with Crippen LogP contribution in [0.3, 0.4) is 0 Å². The van der Waals surface area contributed by atoms with E-state index in [1.807, 2.05) is 4.31 Å². The van der Waals surface area contributed by atoms with Gasteiger partial charge in [0, 0.05) is 18.6 Å². The van der Waals surface area contributed by atoms with Crippen LogP contribution in [0.4, 0.5) is 0 Å². The summed E-state index contributed by atoms with van der Waals surface area (Å²) in [5.41, 5.74) is 0.494. The van der Waals surface area contributed by atoms with Crippen molar-refractivity contribution in [2.75, 3.05) is 40.3 Å². The first-order valence-electron chi connectivity index (χ1n) is 11.8. The van der Waals surface area contributed by atoms with E-state index in [1.165, 1.54) is 25.9 Å². The summed E-state index contributed by atoms with van der Waals surface area (Å²) in [4.78, 5) is 5.19. The number of hydrogen-bond donors (Lipinski definition) is 0. The second-order valence-corrected chi connectivity index (χ2v) is 11.7. The van der Waals surface area contributed by atoms with E-state index in [2.05, 4.69) is 30.0 Å². The molecule has 0 aliphatic carbocycles. The van der Waals surface area contributed by atoms with E-state index in [0.717, 1.165) is 38.6 Å². The fourth-order valence-corrected chi connectivity index (χ4v) is 7.97. The molecular weight excluding hydrogens is 408 g/mol. The SMILES string of the molecule is CN(C)CCCC[C@@H]1[C@H]2CCCN3CCC[C@@H](CN1S(=O)(=O)c1ccc(C#N)cc1)[C@@H]23. The van der Waals surface area contributed by atoms with Crippen molar-refractivity contribution in [3.8, 4) is 6.07 Å². The van der Waals surface area contributed by atoms with Crippen molar-refractivity contribution in [2.24, 2.45) is 11.8 Å². The maximum Gasteiger partial charge on any atom is 0.243 e. The molecule has 0 amide bonds. The average Bonchev–Trinajstić information content (AvgIpc) is 2.77. The summed E-state index contributed by atoms with van der Waals surface area (Å²) >= 11 is 0. The van der Waals surface area contributed by atoms with Crippen LogP contribution >= 0.6 is 0 Å². The number of hydrogen-bond acceptors (Lipinski definition) is 5. The van der Waals surface area contributed by atoms with Crippen molar-refractivity contribution in [2.45, 2.75) is 61.9 Å². The van der Waals surface area contributed by atoms with Crippen LogP contribution in [-0.2, 0) is 10.0 Å². The smallest absolute Gasteiger partial charge is 0.243 e. The van der Waals surface area contributed by atoms with Gasteiger partial charge in [-0.05, 0) is 108 Å². The van der Waals surface area contributed by atoms with E-state index in [4.69, 9.17) is 5.26 Å². The number of piperidine rings is 3. The Labute approximate surface area is 187 Å². The van der Waals surface area contributed by atoms with Gasteiger partial charge in [-0.25, -0.2) is 8.42 Å². The molecule has 4 atom stereocenters. The van der Waals surface area contributed by atoms with Gasteiger partial charge in [0.25, 0.3) is 0 Å². The maximum atomic E-state index is 13.8. The number of benzene rings is 1. The van der Waals surface area contributed by atoms with Gasteiger partial charge in [-0.1, -0.05) is 6.42 Å². The van der Waals surface area contributed by atoms with Crippen molar-refractivity contribution in [1.29, 1.82) is 5.26 Å². The van der Waals surface area contributed by atoms with E-state index < -0.39 is 10.0 Å². The summed E-state index contributed by atoms with van der Waals surface area (Å²) < 4.78 is 29.5. The highest BCUT2D eigenvalue weighted by atomic mass is 32.2. The molecule has 3 aliphatic heterocycles. The van der Waals surface area contributed by atoms with Gasteiger partial charge in [0.15, 0.2) is 0 Å². The van der Waals surface area contributed by atoms with E-state index in [9.17, 15) is 8.42 Å². The third-order valence-corrected chi connectivity index (χ3v) is 9.48. The third kappa shape index (κ3) is 4.68. The Morgan fingerprint density at radius 1 is 1.10 bits per heavy atom. The minimum atomic E-state index is -3.58. The molecule has 0 saturated carbocycles. The van der Waals surface area contributed by atoms with Crippen LogP contribution in [0.5, 0.6) is 0 Å². The summed E-state index contributed by atoms with van der Waals surface area (Å²) in [6, 6.07) is 9.17. The molecule has 3 saturated heterocycles. The quantitative estimate of drug-likeness (QED) is 0.605. The Hall–Kier alpha value is -1.46. The van der Waals surface area contributed by atoms with Crippen LogP contribution in [0.2, 0.25) is 0 Å². The summed E-state index contributed by atoms with van der Waals surface area (Å²) in [5.74, 6) is 0.866. The van der Waals surface area contributed by atoms with E-state index in [-0.39, 0.29) is 6.04 Å². The predicted molar refractivity (Wildman–Crippen MR) is 122 cm³/mol. The number of sulfonamides is 1. The lowest BCUT2D eigenvalue weighted by molar-refractivity contribution is -0.0524. The fraction of sp³-hybridized carbons (Fsp3) is 0.708. The summed E-state index contributed by atoms with van der Waals surface area (Å²) in [6.07, 6.45) is 7.69. The fourth-order valence-electron chi connectivity index (χ4n) is 6.21. The van der Waals surface area contributed by atoms with Crippen LogP contribution in [-0.4, -0.2) is 74.9 Å². The van der Waals surface area contributed by atoms with E-state index in [1.54, 1.807) is 24.3 Å². The maximum absolute atomic E-state index is 13.8. The molecule has 1 aromatic carbocycles. The lowest BCUT2D eigenvalue weighted by atomic mass is 9.70. The van der Waals surface area contributed by atoms with Gasteiger partial charge in [0.1, 0.15) is 0 Å². The highest BCUT2D eigenvalue weighted by Gasteiger charge is 2.51. The Morgan fingerprint density at radius 3 is 2.48 bits per heavy atom. The summed E-state index contributed by atoms with van der Waals surface area (Å²) in [7, 11) is 0.601. The monoisotopic (exact) mass is 444 g/mol. The van der Waals surface area contributed by atoms with E-state index in [0.29, 0.717) is 34.9 Å². The average molecular weight is 445 g/mol. The number of nitrogens with zero attached hydrogens (tertiary/aromatic N) is 4. The normalized spacial score (nSPS) is 29.5. The molecular formula is C24H36N4O2S. The van der Waals surface area contributed by atoms with Crippen LogP contribution < -0.4 is 0 Å². The lowest BCUT2D eigenvalue weighted by Crippen LogP contribution is -2.65. The third-order valence-electron chi connectivity index (χ3n) is 7.57. The largest absolute Gasteiger partial charge is 0.309 e. The molecule has 7 heteroatoms. The molecule has 3 aliphatic rings. The van der Waals surface area contributed by atoms with Crippen molar-refractivity contribution < 1.29 is 8.42 Å². The molecule has 6 nitrogen and oxygen atoms in total. The first-order valence-corrected chi connectivity index (χ1v) is 13.3. The van der Waals surface area contributed by atoms with Crippen LogP contribution in [0.25, 0.3) is 0 Å². The standard InChI is InChI=1S/C24H36N4O2S/c1-26(2)14-4-3-9-23-22-8-6-16-27-15-5-7-20(24(22)27)18-28(23)31(29,30)21-12-10-19(17-25)11-13-21/h10-13,20,22-24H,3-9,14-16,18H2,1-2H3/t20-,22+,23+,24-/m0/s1. The number of nitriles is 1. The minimum absolute atomic E-state index is 0.0740. The molecule has 0 bridgehead atoms. The molecule has 0 unspecified atom stereocenters. The zero-order chi connectivity index (χ0) is 22.0. The Kier molecular flexibility index (Phi) is 7.02. The molecule has 31 heavy (non-hydrogen) atoms. The Morgan fingerprint density at radius 2 is 1.81 bits per heavy atom. The zero-order valence-electron chi connectivity index (χ0n) is 18.9. The predicted octanol–water partition coefficient (Wildman–Crippen LogP) is 3.15. The highest BCUT2D eigenvalue weighted by molar-refractivity contribution is 7.89. The van der Waals surface area contributed by atoms with Gasteiger partial charge in [-0.3, -0.25) is 4.90 Å². The second-order valence-electron chi connectivity index (χ2n) is 9.81. The molecule has 3 fully saturated rings. The van der Waals surface area contributed by atoms with E-state index >= 15 is 0 Å².